The highest BCUT2D eigenvalue weighted by atomic mass is 35.5. The number of halogens is 1. The van der Waals surface area contributed by atoms with E-state index in [1.807, 2.05) is 0 Å². The predicted octanol–water partition coefficient (Wildman–Crippen LogP) is 2.63. The van der Waals surface area contributed by atoms with Crippen LogP contribution in [0.25, 0.3) is 0 Å². The Kier molecular flexibility index (Phi) is 2.35. The first-order valence-electron chi connectivity index (χ1n) is 5.15. The lowest BCUT2D eigenvalue weighted by Crippen LogP contribution is -2.42. The summed E-state index contributed by atoms with van der Waals surface area (Å²) in [7, 11) is 0. The minimum Gasteiger partial charge on any atom is -0.294 e. The van der Waals surface area contributed by atoms with E-state index < -0.39 is 0 Å². The van der Waals surface area contributed by atoms with Gasteiger partial charge in [0.15, 0.2) is 0 Å². The summed E-state index contributed by atoms with van der Waals surface area (Å²) >= 11 is 5.95. The molecule has 2 unspecified atom stereocenters. The van der Waals surface area contributed by atoms with Crippen molar-refractivity contribution in [1.29, 1.82) is 0 Å². The van der Waals surface area contributed by atoms with Crippen molar-refractivity contribution in [2.75, 3.05) is 12.4 Å². The topological polar surface area (TPSA) is 3.24 Å². The largest absolute Gasteiger partial charge is 0.294 e. The van der Waals surface area contributed by atoms with Crippen molar-refractivity contribution in [2.24, 2.45) is 0 Å². The monoisotopic (exact) mass is 187 g/mol. The second-order valence-corrected chi connectivity index (χ2v) is 4.53. The van der Waals surface area contributed by atoms with Gasteiger partial charge in [-0.1, -0.05) is 6.92 Å². The van der Waals surface area contributed by atoms with Crippen LogP contribution in [-0.4, -0.2) is 28.9 Å². The van der Waals surface area contributed by atoms with Crippen LogP contribution in [0.15, 0.2) is 0 Å². The predicted molar refractivity (Wildman–Crippen MR) is 52.7 cm³/mol. The first-order chi connectivity index (χ1) is 5.82. The fraction of sp³-hybridized carbons (Fsp3) is 1.00. The van der Waals surface area contributed by atoms with Crippen molar-refractivity contribution in [3.63, 3.8) is 0 Å². The van der Waals surface area contributed by atoms with E-state index in [4.69, 9.17) is 11.6 Å². The maximum Gasteiger partial charge on any atom is 0.0379 e. The van der Waals surface area contributed by atoms with Gasteiger partial charge in [0.25, 0.3) is 0 Å². The Morgan fingerprint density at radius 2 is 2.33 bits per heavy atom. The highest BCUT2D eigenvalue weighted by Gasteiger charge is 2.47. The first kappa shape index (κ1) is 8.83. The van der Waals surface area contributed by atoms with E-state index in [0.717, 1.165) is 5.88 Å². The lowest BCUT2D eigenvalue weighted by Gasteiger charge is -2.33. The van der Waals surface area contributed by atoms with E-state index in [1.165, 1.54) is 38.6 Å². The zero-order valence-electron chi connectivity index (χ0n) is 7.85. The van der Waals surface area contributed by atoms with Crippen LogP contribution in [0.1, 0.15) is 39.0 Å². The van der Waals surface area contributed by atoms with Crippen LogP contribution in [0.3, 0.4) is 0 Å². The molecule has 70 valence electrons. The summed E-state index contributed by atoms with van der Waals surface area (Å²) in [4.78, 5) is 2.68. The third-order valence-corrected chi connectivity index (χ3v) is 4.23. The molecule has 0 radical (unpaired) electrons. The SMILES string of the molecule is CCC12CCCN1C(CCl)CC2. The van der Waals surface area contributed by atoms with Gasteiger partial charge in [0.2, 0.25) is 0 Å². The molecule has 0 aromatic rings. The van der Waals surface area contributed by atoms with Crippen LogP contribution in [0.5, 0.6) is 0 Å². The molecule has 0 bridgehead atoms. The van der Waals surface area contributed by atoms with Gasteiger partial charge in [-0.2, -0.15) is 0 Å². The normalized spacial score (nSPS) is 42.0. The van der Waals surface area contributed by atoms with Crippen molar-refractivity contribution in [1.82, 2.24) is 4.90 Å². The molecule has 0 saturated carbocycles. The van der Waals surface area contributed by atoms with Crippen molar-refractivity contribution in [3.8, 4) is 0 Å². The summed E-state index contributed by atoms with van der Waals surface area (Å²) in [6.45, 7) is 3.63. The number of rotatable bonds is 2. The smallest absolute Gasteiger partial charge is 0.0379 e. The second-order valence-electron chi connectivity index (χ2n) is 4.22. The van der Waals surface area contributed by atoms with Crippen molar-refractivity contribution >= 4 is 11.6 Å². The Balaban J connectivity index is 2.14. The van der Waals surface area contributed by atoms with Gasteiger partial charge in [0.1, 0.15) is 0 Å². The van der Waals surface area contributed by atoms with Gasteiger partial charge < -0.3 is 0 Å². The average Bonchev–Trinajstić information content (AvgIpc) is 2.61. The molecule has 2 saturated heterocycles. The number of fused-ring (bicyclic) bond motifs is 1. The Morgan fingerprint density at radius 3 is 3.00 bits per heavy atom. The van der Waals surface area contributed by atoms with Crippen LogP contribution in [0.4, 0.5) is 0 Å². The average molecular weight is 188 g/mol. The van der Waals surface area contributed by atoms with Crippen LogP contribution in [-0.2, 0) is 0 Å². The fourth-order valence-corrected chi connectivity index (χ4v) is 3.43. The minimum atomic E-state index is 0.569. The quantitative estimate of drug-likeness (QED) is 0.601. The molecule has 2 aliphatic heterocycles. The summed E-state index contributed by atoms with van der Waals surface area (Å²) in [5.74, 6) is 0.835. The van der Waals surface area contributed by atoms with Gasteiger partial charge in [-0.3, -0.25) is 4.90 Å². The van der Waals surface area contributed by atoms with E-state index in [-0.39, 0.29) is 0 Å². The standard InChI is InChI=1S/C10H18ClN/c1-2-10-5-3-7-12(10)9(8-11)4-6-10/h9H,2-8H2,1H3. The van der Waals surface area contributed by atoms with E-state index in [1.54, 1.807) is 0 Å². The molecule has 0 spiro atoms. The molecule has 0 N–H and O–H groups in total. The molecule has 0 amide bonds. The minimum absolute atomic E-state index is 0.569. The maximum atomic E-state index is 5.95. The maximum absolute atomic E-state index is 5.95. The van der Waals surface area contributed by atoms with Crippen molar-refractivity contribution in [2.45, 2.75) is 50.6 Å². The van der Waals surface area contributed by atoms with Gasteiger partial charge in [-0.25, -0.2) is 0 Å². The van der Waals surface area contributed by atoms with Gasteiger partial charge in [-0.15, -0.1) is 11.6 Å². The Hall–Kier alpha value is 0.250. The second kappa shape index (κ2) is 3.19. The van der Waals surface area contributed by atoms with Crippen LogP contribution < -0.4 is 0 Å². The molecule has 0 aromatic carbocycles. The molecule has 2 heteroatoms. The third kappa shape index (κ3) is 1.10. The molecule has 2 heterocycles. The summed E-state index contributed by atoms with van der Waals surface area (Å²) in [5, 5.41) is 0. The van der Waals surface area contributed by atoms with Crippen LogP contribution in [0.2, 0.25) is 0 Å². The van der Waals surface area contributed by atoms with E-state index in [0.29, 0.717) is 11.6 Å². The molecule has 0 aromatic heterocycles. The Labute approximate surface area is 80.1 Å². The van der Waals surface area contributed by atoms with E-state index >= 15 is 0 Å². The molecular weight excluding hydrogens is 170 g/mol. The summed E-state index contributed by atoms with van der Waals surface area (Å²) in [6, 6.07) is 0.689. The van der Waals surface area contributed by atoms with Gasteiger partial charge >= 0.3 is 0 Å². The highest BCUT2D eigenvalue weighted by molar-refractivity contribution is 6.18. The van der Waals surface area contributed by atoms with Gasteiger partial charge in [-0.05, 0) is 38.6 Å². The highest BCUT2D eigenvalue weighted by Crippen LogP contribution is 2.44. The lowest BCUT2D eigenvalue weighted by atomic mass is 9.91. The Bertz CT molecular complexity index is 171. The third-order valence-electron chi connectivity index (χ3n) is 3.87. The molecule has 2 atom stereocenters. The van der Waals surface area contributed by atoms with Crippen LogP contribution >= 0.6 is 11.6 Å². The Morgan fingerprint density at radius 1 is 1.50 bits per heavy atom. The zero-order chi connectivity index (χ0) is 8.60. The molecule has 2 fully saturated rings. The van der Waals surface area contributed by atoms with Gasteiger partial charge in [0, 0.05) is 17.5 Å². The fourth-order valence-electron chi connectivity index (χ4n) is 3.11. The molecule has 2 aliphatic rings. The summed E-state index contributed by atoms with van der Waals surface area (Å²) < 4.78 is 0. The summed E-state index contributed by atoms with van der Waals surface area (Å²) in [6.07, 6.45) is 6.84. The zero-order valence-corrected chi connectivity index (χ0v) is 8.61. The molecular formula is C10H18ClN. The number of hydrogen-bond donors (Lipinski definition) is 0. The van der Waals surface area contributed by atoms with E-state index in [2.05, 4.69) is 11.8 Å². The van der Waals surface area contributed by atoms with Gasteiger partial charge in [0.05, 0.1) is 0 Å². The van der Waals surface area contributed by atoms with Crippen LogP contribution in [0, 0.1) is 0 Å². The van der Waals surface area contributed by atoms with Crippen molar-refractivity contribution in [3.05, 3.63) is 0 Å². The first-order valence-corrected chi connectivity index (χ1v) is 5.68. The summed E-state index contributed by atoms with van der Waals surface area (Å²) in [5.41, 5.74) is 0.569. The number of alkyl halides is 1. The van der Waals surface area contributed by atoms with Crippen molar-refractivity contribution < 1.29 is 0 Å². The molecule has 12 heavy (non-hydrogen) atoms. The number of hydrogen-bond acceptors (Lipinski definition) is 1. The number of nitrogens with zero attached hydrogens (tertiary/aromatic N) is 1. The molecule has 1 nitrogen and oxygen atoms in total. The molecule has 2 rings (SSSR count). The molecule has 0 aliphatic carbocycles. The lowest BCUT2D eigenvalue weighted by molar-refractivity contribution is 0.155. The van der Waals surface area contributed by atoms with E-state index in [9.17, 15) is 0 Å².